The molecule has 13 heavy (non-hydrogen) atoms. The maximum Gasteiger partial charge on any atom is 0.308 e. The van der Waals surface area contributed by atoms with Crippen LogP contribution in [0.5, 0.6) is 0 Å². The summed E-state index contributed by atoms with van der Waals surface area (Å²) in [6, 6.07) is 0. The first kappa shape index (κ1) is 12.4. The fourth-order valence-electron chi connectivity index (χ4n) is 1.14. The smallest absolute Gasteiger partial charge is 0.308 e. The Hall–Kier alpha value is -0.570. The first-order chi connectivity index (χ1) is 6.06. The molecule has 0 aromatic heterocycles. The van der Waals surface area contributed by atoms with Crippen molar-refractivity contribution in [1.82, 2.24) is 0 Å². The number of methoxy groups -OCH3 is 1. The summed E-state index contributed by atoms with van der Waals surface area (Å²) < 4.78 is 4.45. The summed E-state index contributed by atoms with van der Waals surface area (Å²) in [5.74, 6) is 0.322. The Morgan fingerprint density at radius 1 is 1.38 bits per heavy atom. The average Bonchev–Trinajstić information content (AvgIpc) is 2.03. The second kappa shape index (κ2) is 6.89. The quantitative estimate of drug-likeness (QED) is 0.646. The molecule has 0 saturated heterocycles. The van der Waals surface area contributed by atoms with Crippen molar-refractivity contribution in [3.8, 4) is 0 Å². The Kier molecular flexibility index (Phi) is 6.59. The van der Waals surface area contributed by atoms with Crippen LogP contribution in [0, 0.1) is 5.92 Å². The largest absolute Gasteiger partial charge is 0.469 e. The number of hydrogen-bond donors (Lipinski definition) is 1. The van der Waals surface area contributed by atoms with E-state index in [2.05, 4.69) is 18.6 Å². The number of carbonyl (C=O) groups excluding carboxylic acids is 1. The van der Waals surface area contributed by atoms with Crippen LogP contribution < -0.4 is 0 Å². The molecule has 0 aliphatic heterocycles. The summed E-state index contributed by atoms with van der Waals surface area (Å²) in [5, 5.41) is 9.36. The third-order valence-electron chi connectivity index (χ3n) is 1.95. The highest BCUT2D eigenvalue weighted by atomic mass is 16.5. The predicted octanol–water partition coefficient (Wildman–Crippen LogP) is 1.74. The fraction of sp³-hybridized carbons (Fsp3) is 0.900. The van der Waals surface area contributed by atoms with Crippen LogP contribution in [0.1, 0.15) is 39.5 Å². The third-order valence-corrected chi connectivity index (χ3v) is 1.95. The number of esters is 1. The monoisotopic (exact) mass is 188 g/mol. The van der Waals surface area contributed by atoms with E-state index in [9.17, 15) is 9.90 Å². The van der Waals surface area contributed by atoms with E-state index in [1.807, 2.05) is 0 Å². The van der Waals surface area contributed by atoms with Gasteiger partial charge in [-0.2, -0.15) is 0 Å². The summed E-state index contributed by atoms with van der Waals surface area (Å²) in [5.41, 5.74) is 0. The van der Waals surface area contributed by atoms with Crippen LogP contribution in [0.2, 0.25) is 0 Å². The first-order valence-corrected chi connectivity index (χ1v) is 4.81. The molecule has 3 heteroatoms. The van der Waals surface area contributed by atoms with Gasteiger partial charge in [-0.15, -0.1) is 0 Å². The van der Waals surface area contributed by atoms with Crippen molar-refractivity contribution >= 4 is 5.97 Å². The van der Waals surface area contributed by atoms with Gasteiger partial charge in [0.1, 0.15) is 0 Å². The summed E-state index contributed by atoms with van der Waals surface area (Å²) in [6.45, 7) is 4.29. The molecule has 0 rings (SSSR count). The van der Waals surface area contributed by atoms with E-state index in [1.165, 1.54) is 7.11 Å². The van der Waals surface area contributed by atoms with E-state index in [-0.39, 0.29) is 12.4 Å². The zero-order valence-corrected chi connectivity index (χ0v) is 8.75. The molecule has 0 unspecified atom stereocenters. The molecule has 0 aromatic carbocycles. The van der Waals surface area contributed by atoms with Gasteiger partial charge in [0.05, 0.1) is 19.6 Å². The zero-order valence-electron chi connectivity index (χ0n) is 8.75. The van der Waals surface area contributed by atoms with Crippen LogP contribution in [-0.4, -0.2) is 24.3 Å². The molecule has 1 N–H and O–H groups in total. The molecule has 0 spiro atoms. The van der Waals surface area contributed by atoms with Crippen LogP contribution in [-0.2, 0) is 9.53 Å². The van der Waals surface area contributed by atoms with Crippen molar-refractivity contribution in [1.29, 1.82) is 0 Å². The minimum Gasteiger partial charge on any atom is -0.469 e. The lowest BCUT2D eigenvalue weighted by Gasteiger charge is -2.09. The minimum atomic E-state index is -0.536. The molecular formula is C10H20O3. The summed E-state index contributed by atoms with van der Waals surface area (Å²) in [7, 11) is 1.34. The SMILES string of the molecule is COC(=O)C[C@H](O)CCCC(C)C. The normalized spacial score (nSPS) is 13.0. The van der Waals surface area contributed by atoms with Crippen LogP contribution >= 0.6 is 0 Å². The van der Waals surface area contributed by atoms with Crippen LogP contribution in [0.4, 0.5) is 0 Å². The highest BCUT2D eigenvalue weighted by Crippen LogP contribution is 2.10. The molecular weight excluding hydrogens is 168 g/mol. The summed E-state index contributed by atoms with van der Waals surface area (Å²) in [6.07, 6.45) is 2.34. The number of rotatable bonds is 6. The van der Waals surface area contributed by atoms with Crippen molar-refractivity contribution in [3.63, 3.8) is 0 Å². The van der Waals surface area contributed by atoms with Crippen molar-refractivity contribution < 1.29 is 14.6 Å². The lowest BCUT2D eigenvalue weighted by molar-refractivity contribution is -0.142. The number of aliphatic hydroxyl groups is 1. The molecule has 3 nitrogen and oxygen atoms in total. The Morgan fingerprint density at radius 2 is 2.00 bits per heavy atom. The van der Waals surface area contributed by atoms with E-state index in [4.69, 9.17) is 0 Å². The molecule has 0 aromatic rings. The van der Waals surface area contributed by atoms with Gasteiger partial charge in [-0.25, -0.2) is 0 Å². The molecule has 0 aliphatic carbocycles. The van der Waals surface area contributed by atoms with Gasteiger partial charge >= 0.3 is 5.97 Å². The molecule has 78 valence electrons. The second-order valence-corrected chi connectivity index (χ2v) is 3.76. The summed E-state index contributed by atoms with van der Waals surface area (Å²) >= 11 is 0. The molecule has 0 saturated carbocycles. The molecule has 0 radical (unpaired) electrons. The lowest BCUT2D eigenvalue weighted by atomic mass is 10.0. The molecule has 0 fully saturated rings. The maximum atomic E-state index is 10.7. The minimum absolute atomic E-state index is 0.120. The van der Waals surface area contributed by atoms with Gasteiger partial charge in [0, 0.05) is 0 Å². The van der Waals surface area contributed by atoms with Gasteiger partial charge in [0.2, 0.25) is 0 Å². The van der Waals surface area contributed by atoms with Gasteiger partial charge < -0.3 is 9.84 Å². The van der Waals surface area contributed by atoms with Crippen LogP contribution in [0.3, 0.4) is 0 Å². The second-order valence-electron chi connectivity index (χ2n) is 3.76. The standard InChI is InChI=1S/C10H20O3/c1-8(2)5-4-6-9(11)7-10(12)13-3/h8-9,11H,4-7H2,1-3H3/t9-/m1/s1. The van der Waals surface area contributed by atoms with Gasteiger partial charge in [0.15, 0.2) is 0 Å². The average molecular weight is 188 g/mol. The molecule has 0 aliphatic rings. The van der Waals surface area contributed by atoms with E-state index in [1.54, 1.807) is 0 Å². The Morgan fingerprint density at radius 3 is 2.46 bits per heavy atom. The Labute approximate surface area is 80.1 Å². The van der Waals surface area contributed by atoms with Crippen molar-refractivity contribution in [3.05, 3.63) is 0 Å². The van der Waals surface area contributed by atoms with E-state index >= 15 is 0 Å². The van der Waals surface area contributed by atoms with Crippen molar-refractivity contribution in [2.45, 2.75) is 45.6 Å². The van der Waals surface area contributed by atoms with E-state index in [0.29, 0.717) is 12.3 Å². The van der Waals surface area contributed by atoms with E-state index in [0.717, 1.165) is 12.8 Å². The Balaban J connectivity index is 3.40. The van der Waals surface area contributed by atoms with Gasteiger partial charge in [-0.05, 0) is 12.3 Å². The number of hydrogen-bond acceptors (Lipinski definition) is 3. The molecule has 0 bridgehead atoms. The lowest BCUT2D eigenvalue weighted by Crippen LogP contribution is -2.14. The molecule has 1 atom stereocenters. The predicted molar refractivity (Wildman–Crippen MR) is 51.3 cm³/mol. The highest BCUT2D eigenvalue weighted by Gasteiger charge is 2.10. The maximum absolute atomic E-state index is 10.7. The molecule has 0 amide bonds. The van der Waals surface area contributed by atoms with Crippen LogP contribution in [0.25, 0.3) is 0 Å². The number of ether oxygens (including phenoxy) is 1. The first-order valence-electron chi connectivity index (χ1n) is 4.81. The third kappa shape index (κ3) is 7.78. The number of carbonyl (C=O) groups is 1. The topological polar surface area (TPSA) is 46.5 Å². The van der Waals surface area contributed by atoms with Crippen molar-refractivity contribution in [2.75, 3.05) is 7.11 Å². The van der Waals surface area contributed by atoms with Crippen LogP contribution in [0.15, 0.2) is 0 Å². The Bertz CT molecular complexity index is 143. The van der Waals surface area contributed by atoms with E-state index < -0.39 is 6.10 Å². The highest BCUT2D eigenvalue weighted by molar-refractivity contribution is 5.69. The fourth-order valence-corrected chi connectivity index (χ4v) is 1.14. The summed E-state index contributed by atoms with van der Waals surface area (Å²) in [4.78, 5) is 10.7. The van der Waals surface area contributed by atoms with Crippen molar-refractivity contribution in [2.24, 2.45) is 5.92 Å². The molecule has 0 heterocycles. The van der Waals surface area contributed by atoms with Gasteiger partial charge in [-0.3, -0.25) is 4.79 Å². The van der Waals surface area contributed by atoms with Gasteiger partial charge in [-0.1, -0.05) is 26.7 Å². The zero-order chi connectivity index (χ0) is 10.3. The number of aliphatic hydroxyl groups excluding tert-OH is 1. The van der Waals surface area contributed by atoms with Gasteiger partial charge in [0.25, 0.3) is 0 Å².